The summed E-state index contributed by atoms with van der Waals surface area (Å²) in [5, 5.41) is 9.42. The van der Waals surface area contributed by atoms with Crippen LogP contribution in [0.15, 0.2) is 24.3 Å². The number of hydrogen-bond acceptors (Lipinski definition) is 5. The quantitative estimate of drug-likeness (QED) is 0.763. The van der Waals surface area contributed by atoms with Crippen LogP contribution in [0.25, 0.3) is 0 Å². The molecule has 0 bridgehead atoms. The van der Waals surface area contributed by atoms with E-state index < -0.39 is 11.6 Å². The fourth-order valence-electron chi connectivity index (χ4n) is 4.24. The van der Waals surface area contributed by atoms with Crippen molar-refractivity contribution in [1.82, 2.24) is 0 Å². The van der Waals surface area contributed by atoms with Gasteiger partial charge < -0.3 is 5.11 Å². The van der Waals surface area contributed by atoms with Gasteiger partial charge >= 0.3 is 0 Å². The van der Waals surface area contributed by atoms with Gasteiger partial charge in [-0.05, 0) is 48.8 Å². The highest BCUT2D eigenvalue weighted by atomic mass is 17.4. The fourth-order valence-corrected chi connectivity index (χ4v) is 4.24. The molecular weight excluding hydrogens is 308 g/mol. The Labute approximate surface area is 142 Å². The van der Waals surface area contributed by atoms with E-state index in [-0.39, 0.29) is 0 Å². The second-order valence-corrected chi connectivity index (χ2v) is 7.72. The molecule has 1 aromatic carbocycles. The SMILES string of the molecule is CC1CCCC2(C1)OOC1(CCC(c3ccc(O)cc3)CC1)OO2. The minimum absolute atomic E-state index is 0.304. The van der Waals surface area contributed by atoms with Crippen molar-refractivity contribution >= 4 is 0 Å². The van der Waals surface area contributed by atoms with Crippen LogP contribution in [-0.4, -0.2) is 16.7 Å². The number of aromatic hydroxyl groups is 1. The van der Waals surface area contributed by atoms with E-state index in [2.05, 4.69) is 6.92 Å². The van der Waals surface area contributed by atoms with Crippen molar-refractivity contribution in [3.63, 3.8) is 0 Å². The molecule has 1 aliphatic heterocycles. The van der Waals surface area contributed by atoms with E-state index in [4.69, 9.17) is 19.6 Å². The van der Waals surface area contributed by atoms with Gasteiger partial charge in [-0.25, -0.2) is 0 Å². The molecule has 3 aliphatic rings. The first-order valence-electron chi connectivity index (χ1n) is 9.11. The standard InChI is InChI=1S/C19H26O5/c1-14-3-2-10-19(13-14)23-21-18(22-24-19)11-8-16(9-12-18)15-4-6-17(20)7-5-15/h4-7,14,16,20H,2-3,8-13H2,1H3. The second-order valence-electron chi connectivity index (χ2n) is 7.72. The Bertz CT molecular complexity index is 552. The maximum absolute atomic E-state index is 9.42. The molecule has 1 atom stereocenters. The first kappa shape index (κ1) is 16.3. The van der Waals surface area contributed by atoms with Crippen LogP contribution in [0.2, 0.25) is 0 Å². The van der Waals surface area contributed by atoms with E-state index in [1.54, 1.807) is 12.1 Å². The Balaban J connectivity index is 1.35. The molecule has 3 fully saturated rings. The molecule has 2 spiro atoms. The number of benzene rings is 1. The van der Waals surface area contributed by atoms with Gasteiger partial charge in [0.2, 0.25) is 11.6 Å². The van der Waals surface area contributed by atoms with E-state index in [0.29, 0.717) is 17.6 Å². The Morgan fingerprint density at radius 2 is 1.50 bits per heavy atom. The van der Waals surface area contributed by atoms with Crippen LogP contribution in [0.5, 0.6) is 5.75 Å². The van der Waals surface area contributed by atoms with Crippen LogP contribution in [-0.2, 0) is 19.6 Å². The first-order chi connectivity index (χ1) is 11.6. The topological polar surface area (TPSA) is 57.2 Å². The highest BCUT2D eigenvalue weighted by Crippen LogP contribution is 2.47. The molecule has 5 nitrogen and oxygen atoms in total. The van der Waals surface area contributed by atoms with E-state index >= 15 is 0 Å². The summed E-state index contributed by atoms with van der Waals surface area (Å²) < 4.78 is 0. The zero-order valence-electron chi connectivity index (χ0n) is 14.2. The van der Waals surface area contributed by atoms with Crippen LogP contribution >= 0.6 is 0 Å². The molecule has 4 rings (SSSR count). The molecule has 0 amide bonds. The lowest BCUT2D eigenvalue weighted by atomic mass is 9.81. The zero-order chi connectivity index (χ0) is 16.6. The molecule has 2 saturated carbocycles. The van der Waals surface area contributed by atoms with Crippen molar-refractivity contribution in [3.8, 4) is 5.75 Å². The summed E-state index contributed by atoms with van der Waals surface area (Å²) in [6.45, 7) is 2.21. The van der Waals surface area contributed by atoms with Gasteiger partial charge in [0.25, 0.3) is 0 Å². The highest BCUT2D eigenvalue weighted by Gasteiger charge is 2.51. The smallest absolute Gasteiger partial charge is 0.234 e. The predicted octanol–water partition coefficient (Wildman–Crippen LogP) is 4.56. The Kier molecular flexibility index (Phi) is 4.29. The number of hydrogen-bond donors (Lipinski definition) is 1. The molecule has 1 N–H and O–H groups in total. The van der Waals surface area contributed by atoms with Crippen LogP contribution in [0.1, 0.15) is 69.8 Å². The average molecular weight is 334 g/mol. The highest BCUT2D eigenvalue weighted by molar-refractivity contribution is 5.28. The second kappa shape index (κ2) is 6.30. The van der Waals surface area contributed by atoms with E-state index in [1.165, 1.54) is 12.0 Å². The van der Waals surface area contributed by atoms with Crippen molar-refractivity contribution in [2.45, 2.75) is 75.8 Å². The maximum atomic E-state index is 9.42. The van der Waals surface area contributed by atoms with Crippen molar-refractivity contribution < 1.29 is 24.7 Å². The van der Waals surface area contributed by atoms with Crippen molar-refractivity contribution in [2.75, 3.05) is 0 Å². The summed E-state index contributed by atoms with van der Waals surface area (Å²) in [5.41, 5.74) is 1.25. The van der Waals surface area contributed by atoms with E-state index in [0.717, 1.165) is 44.9 Å². The monoisotopic (exact) mass is 334 g/mol. The lowest BCUT2D eigenvalue weighted by Crippen LogP contribution is -2.53. The van der Waals surface area contributed by atoms with Gasteiger partial charge in [0.05, 0.1) is 0 Å². The molecule has 1 heterocycles. The first-order valence-corrected chi connectivity index (χ1v) is 9.11. The minimum Gasteiger partial charge on any atom is -0.508 e. The minimum atomic E-state index is -0.765. The van der Waals surface area contributed by atoms with Gasteiger partial charge in [-0.1, -0.05) is 25.5 Å². The van der Waals surface area contributed by atoms with Gasteiger partial charge in [0.15, 0.2) is 0 Å². The molecular formula is C19H26O5. The van der Waals surface area contributed by atoms with Crippen LogP contribution in [0.3, 0.4) is 0 Å². The molecule has 1 unspecified atom stereocenters. The Morgan fingerprint density at radius 1 is 0.875 bits per heavy atom. The lowest BCUT2D eigenvalue weighted by Gasteiger charge is -2.47. The maximum Gasteiger partial charge on any atom is 0.234 e. The molecule has 132 valence electrons. The van der Waals surface area contributed by atoms with Crippen molar-refractivity contribution in [2.24, 2.45) is 5.92 Å². The number of phenolic OH excluding ortho intramolecular Hbond substituents is 1. The summed E-state index contributed by atoms with van der Waals surface area (Å²) in [7, 11) is 0. The lowest BCUT2D eigenvalue weighted by molar-refractivity contribution is -0.663. The van der Waals surface area contributed by atoms with Gasteiger partial charge in [-0.3, -0.25) is 0 Å². The third kappa shape index (κ3) is 3.18. The van der Waals surface area contributed by atoms with Crippen LogP contribution in [0.4, 0.5) is 0 Å². The van der Waals surface area contributed by atoms with E-state index in [9.17, 15) is 5.11 Å². The summed E-state index contributed by atoms with van der Waals surface area (Å²) >= 11 is 0. The predicted molar refractivity (Wildman–Crippen MR) is 86.7 cm³/mol. The number of phenols is 1. The van der Waals surface area contributed by atoms with Gasteiger partial charge in [-0.2, -0.15) is 19.6 Å². The summed E-state index contributed by atoms with van der Waals surface area (Å²) in [5.74, 6) is -0.158. The summed E-state index contributed by atoms with van der Waals surface area (Å²) in [6, 6.07) is 7.47. The molecule has 2 aliphatic carbocycles. The third-order valence-electron chi connectivity index (χ3n) is 5.72. The van der Waals surface area contributed by atoms with E-state index in [1.807, 2.05) is 12.1 Å². The molecule has 1 aromatic rings. The summed E-state index contributed by atoms with van der Waals surface area (Å²) in [4.78, 5) is 23.0. The molecule has 0 aromatic heterocycles. The molecule has 5 heteroatoms. The summed E-state index contributed by atoms with van der Waals surface area (Å²) in [6.07, 6.45) is 7.29. The molecule has 1 saturated heterocycles. The van der Waals surface area contributed by atoms with Crippen molar-refractivity contribution in [3.05, 3.63) is 29.8 Å². The fraction of sp³-hybridized carbons (Fsp3) is 0.684. The Morgan fingerprint density at radius 3 is 2.12 bits per heavy atom. The van der Waals surface area contributed by atoms with Crippen LogP contribution in [0, 0.1) is 5.92 Å². The van der Waals surface area contributed by atoms with Crippen LogP contribution < -0.4 is 0 Å². The van der Waals surface area contributed by atoms with Crippen molar-refractivity contribution in [1.29, 1.82) is 0 Å². The largest absolute Gasteiger partial charge is 0.508 e. The van der Waals surface area contributed by atoms with Gasteiger partial charge in [0, 0.05) is 25.7 Å². The molecule has 24 heavy (non-hydrogen) atoms. The number of rotatable bonds is 1. The van der Waals surface area contributed by atoms with Gasteiger partial charge in [-0.15, -0.1) is 0 Å². The van der Waals surface area contributed by atoms with Gasteiger partial charge in [0.1, 0.15) is 5.75 Å². The zero-order valence-corrected chi connectivity index (χ0v) is 14.2. The normalized spacial score (nSPS) is 40.0. The molecule has 0 radical (unpaired) electrons. The average Bonchev–Trinajstić information content (AvgIpc) is 2.60. The Hall–Kier alpha value is -1.14. The third-order valence-corrected chi connectivity index (χ3v) is 5.72.